The molecule has 1 nitrogen and oxygen atoms in total. The molecule has 290 valence electrons. The number of hydrogen-bond acceptors (Lipinski definition) is 1. The van der Waals surface area contributed by atoms with Crippen LogP contribution in [0, 0.1) is 29.1 Å². The Morgan fingerprint density at radius 2 is 1.09 bits per heavy atom. The summed E-state index contributed by atoms with van der Waals surface area (Å²) in [5.41, 5.74) is 20.4. The number of anilines is 3. The van der Waals surface area contributed by atoms with Gasteiger partial charge in [-0.25, -0.2) is 0 Å². The average Bonchev–Trinajstić information content (AvgIpc) is 3.82. The third-order valence-electron chi connectivity index (χ3n) is 18.2. The van der Waals surface area contributed by atoms with Gasteiger partial charge in [-0.2, -0.15) is 0 Å². The van der Waals surface area contributed by atoms with Crippen molar-refractivity contribution in [1.29, 1.82) is 0 Å². The normalized spacial score (nSPS) is 31.6. The molecule has 0 saturated heterocycles. The molecular weight excluding hydrogens is 687 g/mol. The molecule has 6 unspecified atom stereocenters. The van der Waals surface area contributed by atoms with E-state index in [2.05, 4.69) is 163 Å². The van der Waals surface area contributed by atoms with Crippen molar-refractivity contribution in [2.24, 2.45) is 29.1 Å². The molecule has 57 heavy (non-hydrogen) atoms. The number of hydrogen-bond donors (Lipinski definition) is 0. The van der Waals surface area contributed by atoms with Gasteiger partial charge in [-0.1, -0.05) is 128 Å². The van der Waals surface area contributed by atoms with Gasteiger partial charge in [-0.3, -0.25) is 0 Å². The van der Waals surface area contributed by atoms with Crippen LogP contribution in [0.4, 0.5) is 17.1 Å². The summed E-state index contributed by atoms with van der Waals surface area (Å²) in [7, 11) is 0. The van der Waals surface area contributed by atoms with E-state index in [0.717, 1.165) is 23.7 Å². The van der Waals surface area contributed by atoms with Gasteiger partial charge in [0.2, 0.25) is 0 Å². The minimum atomic E-state index is 0.0652. The largest absolute Gasteiger partial charge is 0.310 e. The zero-order valence-corrected chi connectivity index (χ0v) is 35.7. The lowest BCUT2D eigenvalue weighted by Gasteiger charge is -2.76. The van der Waals surface area contributed by atoms with Gasteiger partial charge in [0.25, 0.3) is 0 Å². The summed E-state index contributed by atoms with van der Waals surface area (Å²) in [6.45, 7) is 20.0. The fraction of sp³-hybridized carbons (Fsp3) is 0.464. The molecule has 7 aliphatic carbocycles. The highest BCUT2D eigenvalue weighted by Gasteiger charge is 2.84. The lowest BCUT2D eigenvalue weighted by atomic mass is 9.27. The summed E-state index contributed by atoms with van der Waals surface area (Å²) in [4.78, 5) is 2.79. The first kappa shape index (κ1) is 34.9. The molecule has 0 amide bonds. The fourth-order valence-electron chi connectivity index (χ4n) is 15.5. The van der Waals surface area contributed by atoms with Crippen LogP contribution < -0.4 is 4.90 Å². The van der Waals surface area contributed by atoms with Gasteiger partial charge >= 0.3 is 0 Å². The standard InChI is InChI=1S/C56H61N/c1-51(2)24-26-53(5,6)49-42(51)16-12-18-45(49)57(46-19-13-17-43-50(46)54(7,8)27-25-52(43,3)4)38-21-22-39-40-30-36(35-14-10-9-11-15-35)20-23-41(40)56(44(39)32-38)47-29-34-28-37-31-48(56)55(37,47)33-34/h9-23,30,32,34,37,47-48H,24-29,31,33H2,1-8H3. The first-order valence-corrected chi connectivity index (χ1v) is 22.6. The summed E-state index contributed by atoms with van der Waals surface area (Å²) < 4.78 is 0. The van der Waals surface area contributed by atoms with Gasteiger partial charge in [-0.15, -0.1) is 0 Å². The van der Waals surface area contributed by atoms with Gasteiger partial charge < -0.3 is 4.90 Å². The van der Waals surface area contributed by atoms with Gasteiger partial charge in [0.05, 0.1) is 11.4 Å². The second kappa shape index (κ2) is 10.9. The van der Waals surface area contributed by atoms with E-state index in [0.29, 0.717) is 5.41 Å². The van der Waals surface area contributed by atoms with Gasteiger partial charge in [-0.05, 0) is 188 Å². The Bertz CT molecular complexity index is 2450. The van der Waals surface area contributed by atoms with Crippen molar-refractivity contribution in [2.45, 2.75) is 134 Å². The second-order valence-electron chi connectivity index (χ2n) is 22.7. The molecule has 12 rings (SSSR count). The molecule has 2 spiro atoms. The Kier molecular flexibility index (Phi) is 6.69. The number of rotatable bonds is 4. The van der Waals surface area contributed by atoms with E-state index >= 15 is 0 Å². The predicted octanol–water partition coefficient (Wildman–Crippen LogP) is 14.9. The Morgan fingerprint density at radius 1 is 0.474 bits per heavy atom. The van der Waals surface area contributed by atoms with Crippen LogP contribution in [0.15, 0.2) is 103 Å². The molecule has 7 aliphatic rings. The van der Waals surface area contributed by atoms with Crippen LogP contribution >= 0.6 is 0 Å². The van der Waals surface area contributed by atoms with Gasteiger partial charge in [0.1, 0.15) is 0 Å². The van der Waals surface area contributed by atoms with Gasteiger partial charge in [0.15, 0.2) is 0 Å². The zero-order valence-electron chi connectivity index (χ0n) is 35.7. The fourth-order valence-corrected chi connectivity index (χ4v) is 15.5. The lowest BCUT2D eigenvalue weighted by Crippen LogP contribution is -2.73. The summed E-state index contributed by atoms with van der Waals surface area (Å²) in [6, 6.07) is 41.2. The van der Waals surface area contributed by atoms with Crippen LogP contribution in [0.1, 0.15) is 140 Å². The molecule has 2 bridgehead atoms. The van der Waals surface area contributed by atoms with Crippen molar-refractivity contribution in [3.63, 3.8) is 0 Å². The smallest absolute Gasteiger partial charge is 0.0502 e. The van der Waals surface area contributed by atoms with Crippen LogP contribution in [-0.2, 0) is 27.1 Å². The van der Waals surface area contributed by atoms with Crippen molar-refractivity contribution in [3.05, 3.63) is 137 Å². The van der Waals surface area contributed by atoms with Crippen LogP contribution in [0.25, 0.3) is 22.3 Å². The third kappa shape index (κ3) is 4.22. The van der Waals surface area contributed by atoms with Crippen LogP contribution in [0.2, 0.25) is 0 Å². The summed E-state index contributed by atoms with van der Waals surface area (Å²) in [5, 5.41) is 0. The molecular formula is C56H61N. The van der Waals surface area contributed by atoms with E-state index in [1.807, 2.05) is 0 Å². The minimum absolute atomic E-state index is 0.0652. The van der Waals surface area contributed by atoms with Crippen LogP contribution in [0.5, 0.6) is 0 Å². The summed E-state index contributed by atoms with van der Waals surface area (Å²) in [5.74, 6) is 3.44. The first-order valence-electron chi connectivity index (χ1n) is 22.6. The molecule has 0 aromatic heterocycles. The van der Waals surface area contributed by atoms with E-state index in [1.54, 1.807) is 22.3 Å². The number of benzene rings is 5. The summed E-state index contributed by atoms with van der Waals surface area (Å²) in [6.07, 6.45) is 10.7. The Balaban J connectivity index is 1.13. The Hall–Kier alpha value is -4.10. The highest BCUT2D eigenvalue weighted by molar-refractivity contribution is 5.91. The number of nitrogens with zero attached hydrogens (tertiary/aromatic N) is 1. The van der Waals surface area contributed by atoms with E-state index in [4.69, 9.17) is 0 Å². The molecule has 5 aromatic carbocycles. The molecule has 0 aliphatic heterocycles. The molecule has 0 N–H and O–H groups in total. The maximum atomic E-state index is 2.79. The highest BCUT2D eigenvalue weighted by Crippen LogP contribution is 2.89. The monoisotopic (exact) mass is 747 g/mol. The summed E-state index contributed by atoms with van der Waals surface area (Å²) >= 11 is 0. The van der Waals surface area contributed by atoms with Crippen molar-refractivity contribution < 1.29 is 0 Å². The minimum Gasteiger partial charge on any atom is -0.310 e. The zero-order chi connectivity index (χ0) is 39.1. The van der Waals surface area contributed by atoms with Crippen molar-refractivity contribution in [1.82, 2.24) is 0 Å². The molecule has 0 heterocycles. The SMILES string of the molecule is CC1(C)CCC(C)(C)c2c(N(c3ccc4c(c3)C3(c5ccc(-c6ccccc6)cc5-4)C4CC5CC6CC3C64C5)c3cccc4c3C(C)(C)CCC4(C)C)cccc21. The third-order valence-corrected chi connectivity index (χ3v) is 18.2. The maximum absolute atomic E-state index is 2.79. The molecule has 4 saturated carbocycles. The Labute approximate surface area is 342 Å². The number of fused-ring (bicyclic) bond motifs is 10. The molecule has 0 radical (unpaired) electrons. The Morgan fingerprint density at radius 3 is 1.72 bits per heavy atom. The van der Waals surface area contributed by atoms with Crippen molar-refractivity contribution in [3.8, 4) is 22.3 Å². The van der Waals surface area contributed by atoms with E-state index in [9.17, 15) is 0 Å². The molecule has 1 heteroatoms. The first-order chi connectivity index (χ1) is 27.2. The van der Waals surface area contributed by atoms with Crippen molar-refractivity contribution >= 4 is 17.1 Å². The van der Waals surface area contributed by atoms with Crippen LogP contribution in [0.3, 0.4) is 0 Å². The highest BCUT2D eigenvalue weighted by atomic mass is 15.2. The van der Waals surface area contributed by atoms with Crippen molar-refractivity contribution in [2.75, 3.05) is 4.90 Å². The molecule has 6 atom stereocenters. The van der Waals surface area contributed by atoms with E-state index < -0.39 is 0 Å². The predicted molar refractivity (Wildman–Crippen MR) is 238 cm³/mol. The van der Waals surface area contributed by atoms with E-state index in [1.165, 1.54) is 102 Å². The maximum Gasteiger partial charge on any atom is 0.0502 e. The lowest BCUT2D eigenvalue weighted by molar-refractivity contribution is -0.231. The quantitative estimate of drug-likeness (QED) is 0.177. The van der Waals surface area contributed by atoms with Gasteiger partial charge in [0, 0.05) is 11.1 Å². The average molecular weight is 748 g/mol. The molecule has 5 aromatic rings. The topological polar surface area (TPSA) is 3.24 Å². The second-order valence-corrected chi connectivity index (χ2v) is 22.7. The molecule has 4 fully saturated rings. The van der Waals surface area contributed by atoms with E-state index in [-0.39, 0.29) is 27.1 Å². The van der Waals surface area contributed by atoms with Crippen LogP contribution in [-0.4, -0.2) is 0 Å².